The van der Waals surface area contributed by atoms with Crippen molar-refractivity contribution < 1.29 is 13.2 Å². The van der Waals surface area contributed by atoms with E-state index in [-0.39, 0.29) is 11.3 Å². The fourth-order valence-electron chi connectivity index (χ4n) is 3.42. The molecule has 1 aromatic rings. The number of rotatable bonds is 7. The maximum absolute atomic E-state index is 12.9. The van der Waals surface area contributed by atoms with Gasteiger partial charge in [0.25, 0.3) is 0 Å². The highest BCUT2D eigenvalue weighted by atomic mass is 32.2. The zero-order chi connectivity index (χ0) is 19.5. The number of hydrogen-bond donors (Lipinski definition) is 1. The Labute approximate surface area is 152 Å². The standard InChI is InChI=1S/C19H32N2O3S/c1-8-16(17(22)20-19(5,6)14-18(2,3)4)21(25(7,23)24)15-12-10-9-11-13-15/h9-13,16H,8,14H2,1-7H3,(H,20,22)/t16-/m1/s1. The molecule has 0 saturated carbocycles. The third kappa shape index (κ3) is 6.69. The number of para-hydroxylation sites is 1. The minimum absolute atomic E-state index is 0.0500. The normalized spacial score (nSPS) is 14.0. The topological polar surface area (TPSA) is 66.5 Å². The van der Waals surface area contributed by atoms with Crippen LogP contribution in [-0.2, 0) is 14.8 Å². The molecule has 0 spiro atoms. The third-order valence-electron chi connectivity index (χ3n) is 3.77. The van der Waals surface area contributed by atoms with E-state index < -0.39 is 21.6 Å². The van der Waals surface area contributed by atoms with Crippen molar-refractivity contribution in [3.8, 4) is 0 Å². The lowest BCUT2D eigenvalue weighted by molar-refractivity contribution is -0.124. The second-order valence-corrected chi connectivity index (χ2v) is 10.3. The lowest BCUT2D eigenvalue weighted by atomic mass is 9.81. The van der Waals surface area contributed by atoms with Crippen molar-refractivity contribution >= 4 is 21.6 Å². The first-order chi connectivity index (χ1) is 11.3. The Balaban J connectivity index is 3.14. The molecule has 0 aliphatic carbocycles. The largest absolute Gasteiger partial charge is 0.349 e. The van der Waals surface area contributed by atoms with Crippen molar-refractivity contribution in [1.29, 1.82) is 0 Å². The highest BCUT2D eigenvalue weighted by Gasteiger charge is 2.35. The molecule has 0 aromatic heterocycles. The number of hydrogen-bond acceptors (Lipinski definition) is 3. The lowest BCUT2D eigenvalue weighted by Gasteiger charge is -2.36. The Bertz CT molecular complexity index is 676. The Kier molecular flexibility index (Phi) is 6.68. The van der Waals surface area contributed by atoms with Crippen molar-refractivity contribution in [3.63, 3.8) is 0 Å². The summed E-state index contributed by atoms with van der Waals surface area (Å²) in [5, 5.41) is 3.04. The van der Waals surface area contributed by atoms with Crippen LogP contribution in [0.4, 0.5) is 5.69 Å². The first-order valence-corrected chi connectivity index (χ1v) is 10.5. The average molecular weight is 369 g/mol. The molecule has 0 unspecified atom stereocenters. The van der Waals surface area contributed by atoms with Crippen molar-refractivity contribution in [1.82, 2.24) is 5.32 Å². The maximum Gasteiger partial charge on any atom is 0.244 e. The molecule has 0 bridgehead atoms. The number of sulfonamides is 1. The van der Waals surface area contributed by atoms with Crippen molar-refractivity contribution in [2.45, 2.75) is 66.0 Å². The van der Waals surface area contributed by atoms with Crippen LogP contribution in [0, 0.1) is 5.41 Å². The monoisotopic (exact) mass is 368 g/mol. The molecular formula is C19H32N2O3S. The summed E-state index contributed by atoms with van der Waals surface area (Å²) in [4.78, 5) is 12.9. The van der Waals surface area contributed by atoms with Gasteiger partial charge < -0.3 is 5.32 Å². The van der Waals surface area contributed by atoms with Gasteiger partial charge in [0.1, 0.15) is 6.04 Å². The van der Waals surface area contributed by atoms with Crippen LogP contribution in [0.3, 0.4) is 0 Å². The van der Waals surface area contributed by atoms with E-state index in [2.05, 4.69) is 26.1 Å². The number of nitrogens with one attached hydrogen (secondary N) is 1. The van der Waals surface area contributed by atoms with Gasteiger partial charge in [-0.1, -0.05) is 45.9 Å². The van der Waals surface area contributed by atoms with Crippen molar-refractivity contribution in [3.05, 3.63) is 30.3 Å². The number of anilines is 1. The lowest BCUT2D eigenvalue weighted by Crippen LogP contribution is -2.55. The van der Waals surface area contributed by atoms with Crippen LogP contribution in [0.25, 0.3) is 0 Å². The highest BCUT2D eigenvalue weighted by Crippen LogP contribution is 2.28. The minimum atomic E-state index is -3.59. The second-order valence-electron chi connectivity index (χ2n) is 8.43. The van der Waals surface area contributed by atoms with Gasteiger partial charge in [0.15, 0.2) is 0 Å². The van der Waals surface area contributed by atoms with Gasteiger partial charge in [0.2, 0.25) is 15.9 Å². The van der Waals surface area contributed by atoms with Gasteiger partial charge in [-0.25, -0.2) is 8.42 Å². The zero-order valence-corrected chi connectivity index (χ0v) is 17.3. The van der Waals surface area contributed by atoms with Crippen LogP contribution < -0.4 is 9.62 Å². The van der Waals surface area contributed by atoms with E-state index in [4.69, 9.17) is 0 Å². The number of amides is 1. The molecule has 0 aliphatic heterocycles. The van der Waals surface area contributed by atoms with E-state index >= 15 is 0 Å². The molecular weight excluding hydrogens is 336 g/mol. The Morgan fingerprint density at radius 3 is 2.04 bits per heavy atom. The average Bonchev–Trinajstić information content (AvgIpc) is 2.40. The summed E-state index contributed by atoms with van der Waals surface area (Å²) in [7, 11) is -3.59. The summed E-state index contributed by atoms with van der Waals surface area (Å²) in [6.45, 7) is 12.1. The summed E-state index contributed by atoms with van der Waals surface area (Å²) >= 11 is 0. The van der Waals surface area contributed by atoms with Gasteiger partial charge in [-0.3, -0.25) is 9.10 Å². The van der Waals surface area contributed by atoms with Crippen LogP contribution in [0.5, 0.6) is 0 Å². The van der Waals surface area contributed by atoms with Crippen LogP contribution in [0.1, 0.15) is 54.4 Å². The third-order valence-corrected chi connectivity index (χ3v) is 4.95. The fourth-order valence-corrected chi connectivity index (χ4v) is 4.63. The Morgan fingerprint density at radius 2 is 1.64 bits per heavy atom. The number of nitrogens with zero attached hydrogens (tertiary/aromatic N) is 1. The predicted octanol–water partition coefficient (Wildman–Crippen LogP) is 3.56. The molecule has 1 amide bonds. The summed E-state index contributed by atoms with van der Waals surface area (Å²) in [5.74, 6) is -0.272. The van der Waals surface area contributed by atoms with Crippen molar-refractivity contribution in [2.75, 3.05) is 10.6 Å². The number of benzene rings is 1. The molecule has 1 atom stereocenters. The number of carbonyl (C=O) groups excluding carboxylic acids is 1. The van der Waals surface area contributed by atoms with Gasteiger partial charge in [-0.2, -0.15) is 0 Å². The molecule has 0 saturated heterocycles. The summed E-state index contributed by atoms with van der Waals surface area (Å²) in [5.41, 5.74) is 0.123. The summed E-state index contributed by atoms with van der Waals surface area (Å²) in [6, 6.07) is 7.98. The van der Waals surface area contributed by atoms with Gasteiger partial charge in [0.05, 0.1) is 11.9 Å². The molecule has 142 valence electrons. The first kappa shape index (κ1) is 21.5. The van der Waals surface area contributed by atoms with E-state index in [1.807, 2.05) is 26.8 Å². The molecule has 0 aliphatic rings. The molecule has 0 heterocycles. The fraction of sp³-hybridized carbons (Fsp3) is 0.632. The van der Waals surface area contributed by atoms with Crippen LogP contribution in [0.15, 0.2) is 30.3 Å². The molecule has 1 aromatic carbocycles. The van der Waals surface area contributed by atoms with Crippen molar-refractivity contribution in [2.24, 2.45) is 5.41 Å². The van der Waals surface area contributed by atoms with E-state index in [1.165, 1.54) is 4.31 Å². The summed E-state index contributed by atoms with van der Waals surface area (Å²) in [6.07, 6.45) is 2.31. The summed E-state index contributed by atoms with van der Waals surface area (Å²) < 4.78 is 26.0. The molecule has 25 heavy (non-hydrogen) atoms. The maximum atomic E-state index is 12.9. The smallest absolute Gasteiger partial charge is 0.244 e. The molecule has 5 nitrogen and oxygen atoms in total. The zero-order valence-electron chi connectivity index (χ0n) is 16.5. The quantitative estimate of drug-likeness (QED) is 0.800. The molecule has 0 radical (unpaired) electrons. The Hall–Kier alpha value is -1.56. The first-order valence-electron chi connectivity index (χ1n) is 8.63. The van der Waals surface area contributed by atoms with Gasteiger partial charge in [0, 0.05) is 5.54 Å². The highest BCUT2D eigenvalue weighted by molar-refractivity contribution is 7.92. The number of carbonyl (C=O) groups is 1. The van der Waals surface area contributed by atoms with E-state index in [0.29, 0.717) is 12.1 Å². The van der Waals surface area contributed by atoms with E-state index in [0.717, 1.165) is 12.7 Å². The minimum Gasteiger partial charge on any atom is -0.349 e. The SMILES string of the molecule is CC[C@H](C(=O)NC(C)(C)CC(C)(C)C)N(c1ccccc1)S(C)(=O)=O. The van der Waals surface area contributed by atoms with Crippen LogP contribution >= 0.6 is 0 Å². The van der Waals surface area contributed by atoms with Gasteiger partial charge >= 0.3 is 0 Å². The van der Waals surface area contributed by atoms with E-state index in [9.17, 15) is 13.2 Å². The molecule has 1 N–H and O–H groups in total. The van der Waals surface area contributed by atoms with Crippen LogP contribution in [-0.4, -0.2) is 32.2 Å². The van der Waals surface area contributed by atoms with Crippen LogP contribution in [0.2, 0.25) is 0 Å². The second kappa shape index (κ2) is 7.77. The van der Waals surface area contributed by atoms with E-state index in [1.54, 1.807) is 24.3 Å². The predicted molar refractivity (Wildman–Crippen MR) is 104 cm³/mol. The van der Waals surface area contributed by atoms with Gasteiger partial charge in [-0.15, -0.1) is 0 Å². The molecule has 6 heteroatoms. The molecule has 1 rings (SSSR count). The molecule has 0 fully saturated rings. The van der Waals surface area contributed by atoms with Gasteiger partial charge in [-0.05, 0) is 44.2 Å². The Morgan fingerprint density at radius 1 is 1.12 bits per heavy atom.